The van der Waals surface area contributed by atoms with Gasteiger partial charge in [0.25, 0.3) is 15.9 Å². The minimum absolute atomic E-state index is 0.0448. The van der Waals surface area contributed by atoms with Gasteiger partial charge in [-0.15, -0.1) is 0 Å². The molecule has 11 heteroatoms. The lowest BCUT2D eigenvalue weighted by Gasteiger charge is -2.48. The number of nitrogen functional groups attached to an aromatic ring is 1. The second kappa shape index (κ2) is 9.38. The van der Waals surface area contributed by atoms with Crippen molar-refractivity contribution in [1.82, 2.24) is 19.7 Å². The van der Waals surface area contributed by atoms with Crippen molar-refractivity contribution in [2.24, 2.45) is 5.41 Å². The number of hydrogen-bond donors (Lipinski definition) is 2. The van der Waals surface area contributed by atoms with Crippen LogP contribution in [0.15, 0.2) is 53.7 Å². The number of nitrogens with zero attached hydrogens (tertiary/aromatic N) is 4. The molecule has 0 atom stereocenters. The second-order valence-corrected chi connectivity index (χ2v) is 11.0. The van der Waals surface area contributed by atoms with Gasteiger partial charge in [-0.05, 0) is 61.4 Å². The van der Waals surface area contributed by atoms with Gasteiger partial charge in [-0.3, -0.25) is 4.79 Å². The van der Waals surface area contributed by atoms with Gasteiger partial charge < -0.3 is 15.4 Å². The van der Waals surface area contributed by atoms with E-state index in [1.807, 2.05) is 6.07 Å². The molecule has 0 radical (unpaired) electrons. The molecule has 4 heterocycles. The van der Waals surface area contributed by atoms with Crippen LogP contribution in [-0.2, 0) is 10.0 Å². The van der Waals surface area contributed by atoms with Gasteiger partial charge in [0.15, 0.2) is 5.03 Å². The summed E-state index contributed by atoms with van der Waals surface area (Å²) in [6.07, 6.45) is 7.45. The number of methoxy groups -OCH3 is 1. The Balaban J connectivity index is 1.47. The third-order valence-electron chi connectivity index (χ3n) is 7.15. The van der Waals surface area contributed by atoms with Crippen molar-refractivity contribution >= 4 is 27.6 Å². The molecule has 188 valence electrons. The lowest BCUT2D eigenvalue weighted by Crippen LogP contribution is -2.44. The van der Waals surface area contributed by atoms with Crippen LogP contribution >= 0.6 is 0 Å². The first kappa shape index (κ1) is 24.0. The van der Waals surface area contributed by atoms with E-state index in [0.717, 1.165) is 31.5 Å². The van der Waals surface area contributed by atoms with Crippen LogP contribution in [0, 0.1) is 5.41 Å². The van der Waals surface area contributed by atoms with E-state index in [1.165, 1.54) is 37.5 Å². The van der Waals surface area contributed by atoms with E-state index in [9.17, 15) is 13.2 Å². The Hall–Kier alpha value is -3.73. The number of amides is 1. The van der Waals surface area contributed by atoms with Crippen LogP contribution < -0.4 is 20.1 Å². The molecule has 1 saturated heterocycles. The first-order valence-electron chi connectivity index (χ1n) is 11.8. The molecule has 0 unspecified atom stereocenters. The fraction of sp³-hybridized carbons (Fsp3) is 0.360. The Morgan fingerprint density at radius 2 is 1.83 bits per heavy atom. The lowest BCUT2D eigenvalue weighted by molar-refractivity contribution is 0.0946. The molecule has 10 nitrogen and oxygen atoms in total. The maximum absolute atomic E-state index is 13.3. The molecule has 1 aliphatic heterocycles. The third kappa shape index (κ3) is 4.70. The smallest absolute Gasteiger partial charge is 0.281 e. The summed E-state index contributed by atoms with van der Waals surface area (Å²) in [6, 6.07) is 11.1. The van der Waals surface area contributed by atoms with E-state index in [-0.39, 0.29) is 16.4 Å². The van der Waals surface area contributed by atoms with Crippen molar-refractivity contribution in [3.8, 4) is 17.1 Å². The monoisotopic (exact) mass is 508 g/mol. The first-order valence-corrected chi connectivity index (χ1v) is 13.3. The Labute approximate surface area is 210 Å². The van der Waals surface area contributed by atoms with Crippen LogP contribution in [0.4, 0.5) is 11.6 Å². The van der Waals surface area contributed by atoms with Gasteiger partial charge in [0, 0.05) is 30.9 Å². The lowest BCUT2D eigenvalue weighted by atomic mass is 9.63. The maximum Gasteiger partial charge on any atom is 0.281 e. The topological polar surface area (TPSA) is 140 Å². The second-order valence-electron chi connectivity index (χ2n) is 9.33. The summed E-state index contributed by atoms with van der Waals surface area (Å²) in [4.78, 5) is 28.2. The third-order valence-corrected chi connectivity index (χ3v) is 8.38. The normalized spacial score (nSPS) is 16.9. The zero-order valence-electron chi connectivity index (χ0n) is 20.0. The molecule has 1 saturated carbocycles. The van der Waals surface area contributed by atoms with Gasteiger partial charge in [-0.1, -0.05) is 12.5 Å². The number of nitrogens with two attached hydrogens (primary N) is 1. The minimum Gasteiger partial charge on any atom is -0.481 e. The van der Waals surface area contributed by atoms with Gasteiger partial charge in [0.05, 0.1) is 18.4 Å². The van der Waals surface area contributed by atoms with Gasteiger partial charge >= 0.3 is 0 Å². The fourth-order valence-corrected chi connectivity index (χ4v) is 5.80. The van der Waals surface area contributed by atoms with Crippen LogP contribution in [0.3, 0.4) is 0 Å². The van der Waals surface area contributed by atoms with Crippen molar-refractivity contribution < 1.29 is 17.9 Å². The van der Waals surface area contributed by atoms with E-state index >= 15 is 0 Å². The average Bonchev–Trinajstić information content (AvgIpc) is 2.87. The molecular formula is C25H28N6O4S. The van der Waals surface area contributed by atoms with E-state index in [0.29, 0.717) is 22.8 Å². The molecule has 0 aromatic carbocycles. The molecule has 3 aromatic heterocycles. The summed E-state index contributed by atoms with van der Waals surface area (Å²) in [6.45, 7) is 1.50. The van der Waals surface area contributed by atoms with Crippen LogP contribution in [0.2, 0.25) is 0 Å². The van der Waals surface area contributed by atoms with E-state index in [2.05, 4.69) is 19.6 Å². The summed E-state index contributed by atoms with van der Waals surface area (Å²) in [5.41, 5.74) is 7.59. The number of carbonyl (C=O) groups is 1. The fourth-order valence-electron chi connectivity index (χ4n) is 4.86. The van der Waals surface area contributed by atoms with Crippen LogP contribution in [-0.4, -0.2) is 49.5 Å². The number of hydrogen-bond acceptors (Lipinski definition) is 9. The van der Waals surface area contributed by atoms with Gasteiger partial charge in [0.1, 0.15) is 11.6 Å². The largest absolute Gasteiger partial charge is 0.481 e. The molecule has 1 amide bonds. The Bertz CT molecular complexity index is 1380. The number of piperidine rings is 1. The number of rotatable bonds is 6. The number of pyridine rings is 3. The number of nitrogens with one attached hydrogen (secondary N) is 1. The highest BCUT2D eigenvalue weighted by molar-refractivity contribution is 7.90. The summed E-state index contributed by atoms with van der Waals surface area (Å²) in [5, 5.41) is -0.323. The van der Waals surface area contributed by atoms with Crippen molar-refractivity contribution in [1.29, 1.82) is 0 Å². The SMILES string of the molecule is COc1ccc(-c2ccc(C(=O)NS(=O)(=O)c3cccc(N)n3)c(N3CCC4(CCC4)CC3)n2)cn1. The molecule has 5 rings (SSSR count). The molecule has 1 aliphatic carbocycles. The maximum atomic E-state index is 13.3. The standard InChI is InChI=1S/C25H28N6O4S/c1-35-21-9-6-17(16-27-21)19-8-7-18(23(28-19)31-14-12-25(13-15-31)10-3-11-25)24(32)30-36(33,34)22-5-2-4-20(26)29-22/h2,4-9,16H,3,10-15H2,1H3,(H2,26,29)(H,30,32). The summed E-state index contributed by atoms with van der Waals surface area (Å²) < 4.78 is 32.9. The Morgan fingerprint density at radius 3 is 2.44 bits per heavy atom. The molecule has 2 fully saturated rings. The quantitative estimate of drug-likeness (QED) is 0.514. The van der Waals surface area contributed by atoms with Crippen molar-refractivity contribution in [2.45, 2.75) is 37.1 Å². The van der Waals surface area contributed by atoms with Crippen molar-refractivity contribution in [2.75, 3.05) is 30.8 Å². The molecule has 0 bridgehead atoms. The number of anilines is 2. The predicted octanol–water partition coefficient (Wildman–Crippen LogP) is 3.02. The van der Waals surface area contributed by atoms with Gasteiger partial charge in [-0.25, -0.2) is 19.7 Å². The van der Waals surface area contributed by atoms with E-state index in [4.69, 9.17) is 15.5 Å². The molecule has 36 heavy (non-hydrogen) atoms. The molecule has 3 aromatic rings. The van der Waals surface area contributed by atoms with Crippen LogP contribution in [0.1, 0.15) is 42.5 Å². The molecular weight excluding hydrogens is 480 g/mol. The molecule has 1 spiro atoms. The van der Waals surface area contributed by atoms with Gasteiger partial charge in [0.2, 0.25) is 5.88 Å². The van der Waals surface area contributed by atoms with Crippen LogP contribution in [0.25, 0.3) is 11.3 Å². The predicted molar refractivity (Wildman–Crippen MR) is 135 cm³/mol. The first-order chi connectivity index (χ1) is 17.3. The molecule has 2 aliphatic rings. The van der Waals surface area contributed by atoms with E-state index in [1.54, 1.807) is 31.5 Å². The molecule has 3 N–H and O–H groups in total. The zero-order chi connectivity index (χ0) is 25.3. The number of carbonyl (C=O) groups excluding carboxylic acids is 1. The highest BCUT2D eigenvalue weighted by Crippen LogP contribution is 2.49. The van der Waals surface area contributed by atoms with Crippen molar-refractivity contribution in [3.63, 3.8) is 0 Å². The minimum atomic E-state index is -4.22. The Kier molecular flexibility index (Phi) is 6.25. The highest BCUT2D eigenvalue weighted by atomic mass is 32.2. The summed E-state index contributed by atoms with van der Waals surface area (Å²) in [7, 11) is -2.68. The van der Waals surface area contributed by atoms with Crippen LogP contribution in [0.5, 0.6) is 5.88 Å². The Morgan fingerprint density at radius 1 is 1.06 bits per heavy atom. The number of ether oxygens (including phenoxy) is 1. The highest BCUT2D eigenvalue weighted by Gasteiger charge is 2.40. The summed E-state index contributed by atoms with van der Waals surface area (Å²) >= 11 is 0. The zero-order valence-corrected chi connectivity index (χ0v) is 20.8. The summed E-state index contributed by atoms with van der Waals surface area (Å²) in [5.74, 6) is 0.205. The van der Waals surface area contributed by atoms with Crippen molar-refractivity contribution in [3.05, 3.63) is 54.2 Å². The number of aromatic nitrogens is 3. The van der Waals surface area contributed by atoms with Gasteiger partial charge in [-0.2, -0.15) is 8.42 Å². The number of sulfonamides is 1. The van der Waals surface area contributed by atoms with E-state index < -0.39 is 15.9 Å². The average molecular weight is 509 g/mol.